The van der Waals surface area contributed by atoms with Crippen molar-refractivity contribution in [1.29, 1.82) is 0 Å². The SMILES string of the molecule is COc1ccc(OC2CC(C)(C)OC2(C)C)c(CBr)c1. The first kappa shape index (κ1) is 15.6. The summed E-state index contributed by atoms with van der Waals surface area (Å²) in [7, 11) is 1.67. The molecule has 0 aromatic heterocycles. The van der Waals surface area contributed by atoms with Crippen molar-refractivity contribution in [3.8, 4) is 11.5 Å². The summed E-state index contributed by atoms with van der Waals surface area (Å²) in [5.74, 6) is 1.73. The molecule has 0 N–H and O–H groups in total. The molecule has 1 aliphatic rings. The highest BCUT2D eigenvalue weighted by atomic mass is 79.9. The molecule has 4 heteroatoms. The van der Waals surface area contributed by atoms with E-state index in [-0.39, 0.29) is 17.3 Å². The van der Waals surface area contributed by atoms with Crippen molar-refractivity contribution in [3.63, 3.8) is 0 Å². The Morgan fingerprint density at radius 3 is 2.50 bits per heavy atom. The van der Waals surface area contributed by atoms with Crippen molar-refractivity contribution in [2.75, 3.05) is 7.11 Å². The van der Waals surface area contributed by atoms with Crippen LogP contribution in [-0.2, 0) is 10.1 Å². The van der Waals surface area contributed by atoms with E-state index in [0.717, 1.165) is 28.8 Å². The Balaban J connectivity index is 2.22. The van der Waals surface area contributed by atoms with Gasteiger partial charge in [-0.2, -0.15) is 0 Å². The van der Waals surface area contributed by atoms with Gasteiger partial charge >= 0.3 is 0 Å². The lowest BCUT2D eigenvalue weighted by molar-refractivity contribution is -0.0846. The van der Waals surface area contributed by atoms with Gasteiger partial charge in [0, 0.05) is 17.3 Å². The van der Waals surface area contributed by atoms with E-state index in [9.17, 15) is 0 Å². The first-order valence-electron chi connectivity index (χ1n) is 6.87. The summed E-state index contributed by atoms with van der Waals surface area (Å²) in [6, 6.07) is 5.89. The van der Waals surface area contributed by atoms with Crippen LogP contribution in [-0.4, -0.2) is 24.4 Å². The summed E-state index contributed by atoms with van der Waals surface area (Å²) < 4.78 is 17.6. The van der Waals surface area contributed by atoms with Gasteiger partial charge in [0.05, 0.1) is 12.7 Å². The fourth-order valence-electron chi connectivity index (χ4n) is 2.75. The molecule has 112 valence electrons. The Morgan fingerprint density at radius 2 is 2.00 bits per heavy atom. The van der Waals surface area contributed by atoms with Gasteiger partial charge in [-0.1, -0.05) is 15.9 Å². The van der Waals surface area contributed by atoms with Gasteiger partial charge in [0.2, 0.25) is 0 Å². The number of ether oxygens (including phenoxy) is 3. The topological polar surface area (TPSA) is 27.7 Å². The van der Waals surface area contributed by atoms with Crippen LogP contribution in [0.2, 0.25) is 0 Å². The minimum Gasteiger partial charge on any atom is -0.497 e. The third kappa shape index (κ3) is 3.29. The smallest absolute Gasteiger partial charge is 0.130 e. The summed E-state index contributed by atoms with van der Waals surface area (Å²) >= 11 is 3.51. The molecular formula is C16H23BrO3. The van der Waals surface area contributed by atoms with Crippen LogP contribution < -0.4 is 9.47 Å². The van der Waals surface area contributed by atoms with Crippen LogP contribution in [0, 0.1) is 0 Å². The molecular weight excluding hydrogens is 320 g/mol. The molecule has 3 nitrogen and oxygen atoms in total. The highest BCUT2D eigenvalue weighted by Gasteiger charge is 2.47. The molecule has 2 rings (SSSR count). The molecule has 1 heterocycles. The van der Waals surface area contributed by atoms with E-state index >= 15 is 0 Å². The molecule has 0 spiro atoms. The molecule has 1 fully saturated rings. The van der Waals surface area contributed by atoms with E-state index in [4.69, 9.17) is 14.2 Å². The standard InChI is InChI=1S/C16H23BrO3/c1-15(2)9-14(16(3,4)20-15)19-13-7-6-12(18-5)8-11(13)10-17/h6-8,14H,9-10H2,1-5H3. The number of benzene rings is 1. The molecule has 0 aliphatic carbocycles. The van der Waals surface area contributed by atoms with Crippen molar-refractivity contribution >= 4 is 15.9 Å². The first-order valence-corrected chi connectivity index (χ1v) is 7.99. The van der Waals surface area contributed by atoms with E-state index < -0.39 is 0 Å². The van der Waals surface area contributed by atoms with Crippen molar-refractivity contribution in [1.82, 2.24) is 0 Å². The minimum atomic E-state index is -0.285. The van der Waals surface area contributed by atoms with Gasteiger partial charge in [-0.05, 0) is 45.9 Å². The zero-order valence-electron chi connectivity index (χ0n) is 12.8. The molecule has 1 saturated heterocycles. The number of rotatable bonds is 4. The zero-order chi connectivity index (χ0) is 15.0. The van der Waals surface area contributed by atoms with Gasteiger partial charge in [-0.25, -0.2) is 0 Å². The third-order valence-electron chi connectivity index (χ3n) is 3.67. The average molecular weight is 343 g/mol. The predicted molar refractivity (Wildman–Crippen MR) is 83.9 cm³/mol. The maximum Gasteiger partial charge on any atom is 0.130 e. The van der Waals surface area contributed by atoms with Gasteiger partial charge in [0.25, 0.3) is 0 Å². The van der Waals surface area contributed by atoms with E-state index in [0.29, 0.717) is 0 Å². The highest BCUT2D eigenvalue weighted by molar-refractivity contribution is 9.08. The lowest BCUT2D eigenvalue weighted by atomic mass is 9.97. The fraction of sp³-hybridized carbons (Fsp3) is 0.625. The largest absolute Gasteiger partial charge is 0.497 e. The van der Waals surface area contributed by atoms with E-state index in [1.807, 2.05) is 18.2 Å². The van der Waals surface area contributed by atoms with E-state index in [1.54, 1.807) is 7.11 Å². The molecule has 0 saturated carbocycles. The Kier molecular flexibility index (Phi) is 4.35. The summed E-state index contributed by atoms with van der Waals surface area (Å²) in [5, 5.41) is 0.733. The second-order valence-corrected chi connectivity index (χ2v) is 6.94. The lowest BCUT2D eigenvalue weighted by Gasteiger charge is -2.28. The summed E-state index contributed by atoms with van der Waals surface area (Å²) in [5.41, 5.74) is 0.659. The van der Waals surface area contributed by atoms with Crippen LogP contribution in [0.25, 0.3) is 0 Å². The van der Waals surface area contributed by atoms with Crippen molar-refractivity contribution in [2.45, 2.75) is 56.8 Å². The Morgan fingerprint density at radius 1 is 1.30 bits per heavy atom. The molecule has 0 radical (unpaired) electrons. The molecule has 1 aromatic rings. The van der Waals surface area contributed by atoms with Crippen molar-refractivity contribution in [3.05, 3.63) is 23.8 Å². The fourth-order valence-corrected chi connectivity index (χ4v) is 3.19. The van der Waals surface area contributed by atoms with Crippen LogP contribution in [0.1, 0.15) is 39.7 Å². The monoisotopic (exact) mass is 342 g/mol. The van der Waals surface area contributed by atoms with Gasteiger partial charge in [0.15, 0.2) is 0 Å². The zero-order valence-corrected chi connectivity index (χ0v) is 14.4. The molecule has 1 atom stereocenters. The quantitative estimate of drug-likeness (QED) is 0.763. The minimum absolute atomic E-state index is 0.0451. The summed E-state index contributed by atoms with van der Waals surface area (Å²) in [4.78, 5) is 0. The number of methoxy groups -OCH3 is 1. The van der Waals surface area contributed by atoms with Crippen molar-refractivity contribution < 1.29 is 14.2 Å². The van der Waals surface area contributed by atoms with E-state index in [2.05, 4.69) is 43.6 Å². The number of halogens is 1. The van der Waals surface area contributed by atoms with E-state index in [1.165, 1.54) is 0 Å². The highest BCUT2D eigenvalue weighted by Crippen LogP contribution is 2.40. The van der Waals surface area contributed by atoms with Crippen molar-refractivity contribution in [2.24, 2.45) is 0 Å². The molecule has 1 unspecified atom stereocenters. The Hall–Kier alpha value is -0.740. The second-order valence-electron chi connectivity index (χ2n) is 6.38. The third-order valence-corrected chi connectivity index (χ3v) is 4.28. The van der Waals surface area contributed by atoms with Crippen LogP contribution >= 0.6 is 15.9 Å². The average Bonchev–Trinajstić information content (AvgIpc) is 2.57. The van der Waals surface area contributed by atoms with Crippen LogP contribution in [0.4, 0.5) is 0 Å². The number of alkyl halides is 1. The van der Waals surface area contributed by atoms with Gasteiger partial charge in [0.1, 0.15) is 23.2 Å². The molecule has 1 aliphatic heterocycles. The maximum absolute atomic E-state index is 6.24. The number of hydrogen-bond acceptors (Lipinski definition) is 3. The number of hydrogen-bond donors (Lipinski definition) is 0. The lowest BCUT2D eigenvalue weighted by Crippen LogP contribution is -2.36. The normalized spacial score (nSPS) is 23.6. The maximum atomic E-state index is 6.24. The molecule has 0 bridgehead atoms. The van der Waals surface area contributed by atoms with Crippen LogP contribution in [0.15, 0.2) is 18.2 Å². The first-order chi connectivity index (χ1) is 9.27. The molecule has 1 aromatic carbocycles. The van der Waals surface area contributed by atoms with Gasteiger partial charge < -0.3 is 14.2 Å². The summed E-state index contributed by atoms with van der Waals surface area (Å²) in [6.45, 7) is 8.39. The predicted octanol–water partition coefficient (Wildman–Crippen LogP) is 4.32. The Bertz CT molecular complexity index is 483. The van der Waals surface area contributed by atoms with Crippen LogP contribution in [0.3, 0.4) is 0 Å². The molecule has 0 amide bonds. The molecule has 20 heavy (non-hydrogen) atoms. The Labute approximate surface area is 129 Å². The van der Waals surface area contributed by atoms with Crippen LogP contribution in [0.5, 0.6) is 11.5 Å². The van der Waals surface area contributed by atoms with Gasteiger partial charge in [-0.3, -0.25) is 0 Å². The van der Waals surface area contributed by atoms with Gasteiger partial charge in [-0.15, -0.1) is 0 Å². The summed E-state index contributed by atoms with van der Waals surface area (Å²) in [6.07, 6.45) is 0.928. The second kappa shape index (κ2) is 5.57.